The zero-order chi connectivity index (χ0) is 15.6. The van der Waals surface area contributed by atoms with Gasteiger partial charge in [0.25, 0.3) is 0 Å². The third-order valence-electron chi connectivity index (χ3n) is 3.31. The van der Waals surface area contributed by atoms with Crippen molar-refractivity contribution < 1.29 is 4.74 Å². The summed E-state index contributed by atoms with van der Waals surface area (Å²) in [7, 11) is 0. The predicted octanol–water partition coefficient (Wildman–Crippen LogP) is 3.13. The number of aryl methyl sites for hydroxylation is 1. The van der Waals surface area contributed by atoms with Gasteiger partial charge in [-0.3, -0.25) is 4.99 Å². The Morgan fingerprint density at radius 1 is 0.913 bits per heavy atom. The average Bonchev–Trinajstić information content (AvgIpc) is 2.53. The minimum absolute atomic E-state index is 0. The smallest absolute Gasteiger partial charge is 0.185 e. The third kappa shape index (κ3) is 7.88. The van der Waals surface area contributed by atoms with Crippen molar-refractivity contribution in [2.45, 2.75) is 19.3 Å². The fraction of sp³-hybridized carbons (Fsp3) is 0.278. The summed E-state index contributed by atoms with van der Waals surface area (Å²) in [6.07, 6.45) is 2.84. The Hall–Kier alpha value is -1.76. The summed E-state index contributed by atoms with van der Waals surface area (Å²) in [6, 6.07) is 18.5. The maximum Gasteiger partial charge on any atom is 0.185 e. The van der Waals surface area contributed by atoms with Crippen molar-refractivity contribution >= 4 is 29.9 Å². The van der Waals surface area contributed by atoms with Crippen molar-refractivity contribution in [3.63, 3.8) is 0 Å². The van der Waals surface area contributed by atoms with Crippen molar-refractivity contribution in [2.75, 3.05) is 13.2 Å². The van der Waals surface area contributed by atoms with Gasteiger partial charge in [-0.2, -0.15) is 0 Å². The van der Waals surface area contributed by atoms with Gasteiger partial charge in [-0.05, 0) is 42.5 Å². The second kappa shape index (κ2) is 10.9. The minimum atomic E-state index is 0. The molecule has 0 unspecified atom stereocenters. The number of rotatable bonds is 8. The molecule has 0 radical (unpaired) electrons. The van der Waals surface area contributed by atoms with Crippen LogP contribution >= 0.6 is 24.0 Å². The zero-order valence-electron chi connectivity index (χ0n) is 13.2. The molecule has 23 heavy (non-hydrogen) atoms. The Morgan fingerprint density at radius 2 is 1.65 bits per heavy atom. The van der Waals surface area contributed by atoms with Gasteiger partial charge in [0.1, 0.15) is 5.75 Å². The molecule has 2 aromatic rings. The lowest BCUT2D eigenvalue weighted by molar-refractivity contribution is 0.311. The van der Waals surface area contributed by atoms with Gasteiger partial charge in [-0.25, -0.2) is 0 Å². The van der Waals surface area contributed by atoms with Crippen LogP contribution in [-0.2, 0) is 12.8 Å². The number of benzene rings is 2. The highest BCUT2D eigenvalue weighted by Crippen LogP contribution is 2.14. The van der Waals surface area contributed by atoms with E-state index in [0.717, 1.165) is 25.0 Å². The molecular weight excluding hydrogens is 401 g/mol. The third-order valence-corrected chi connectivity index (χ3v) is 3.31. The Bertz CT molecular complexity index is 598. The fourth-order valence-corrected chi connectivity index (χ4v) is 2.22. The van der Waals surface area contributed by atoms with Gasteiger partial charge in [0.05, 0.1) is 6.61 Å². The molecule has 0 bridgehead atoms. The van der Waals surface area contributed by atoms with E-state index in [1.54, 1.807) is 0 Å². The van der Waals surface area contributed by atoms with Crippen LogP contribution < -0.4 is 16.2 Å². The molecule has 0 heterocycles. The Balaban J connectivity index is 0.00000264. The van der Waals surface area contributed by atoms with Crippen molar-refractivity contribution in [2.24, 2.45) is 16.5 Å². The maximum atomic E-state index is 5.81. The monoisotopic (exact) mass is 425 g/mol. The van der Waals surface area contributed by atoms with Gasteiger partial charge in [-0.15, -0.1) is 24.0 Å². The Labute approximate surface area is 155 Å². The van der Waals surface area contributed by atoms with Gasteiger partial charge in [-0.1, -0.05) is 42.5 Å². The molecule has 0 aliphatic carbocycles. The molecule has 0 aromatic heterocycles. The average molecular weight is 425 g/mol. The standard InChI is InChI=1S/C18H23N3O.HI/c19-18(20)21-12-11-16-8-4-10-17(14-16)22-13-5-9-15-6-2-1-3-7-15;/h1-4,6-8,10,14H,5,9,11-13H2,(H4,19,20,21);1H. The summed E-state index contributed by atoms with van der Waals surface area (Å²) in [6.45, 7) is 1.31. The second-order valence-electron chi connectivity index (χ2n) is 5.14. The number of guanidine groups is 1. The lowest BCUT2D eigenvalue weighted by atomic mass is 10.1. The lowest BCUT2D eigenvalue weighted by Crippen LogP contribution is -2.23. The van der Waals surface area contributed by atoms with Crippen molar-refractivity contribution in [3.05, 3.63) is 65.7 Å². The van der Waals surface area contributed by atoms with Crippen LogP contribution in [0.5, 0.6) is 5.75 Å². The molecular formula is C18H24IN3O. The van der Waals surface area contributed by atoms with Crippen molar-refractivity contribution in [1.29, 1.82) is 0 Å². The van der Waals surface area contributed by atoms with Crippen LogP contribution in [-0.4, -0.2) is 19.1 Å². The first kappa shape index (κ1) is 19.3. The molecule has 0 amide bonds. The number of hydrogen-bond acceptors (Lipinski definition) is 2. The molecule has 124 valence electrons. The number of hydrogen-bond donors (Lipinski definition) is 2. The van der Waals surface area contributed by atoms with Crippen molar-refractivity contribution in [3.8, 4) is 5.75 Å². The molecule has 0 fully saturated rings. The highest BCUT2D eigenvalue weighted by Gasteiger charge is 1.98. The molecule has 4 N–H and O–H groups in total. The first-order valence-corrected chi connectivity index (χ1v) is 7.55. The van der Waals surface area contributed by atoms with Gasteiger partial charge in [0, 0.05) is 6.54 Å². The maximum absolute atomic E-state index is 5.81. The molecule has 4 nitrogen and oxygen atoms in total. The lowest BCUT2D eigenvalue weighted by Gasteiger charge is -2.08. The van der Waals surface area contributed by atoms with E-state index in [0.29, 0.717) is 13.2 Å². The second-order valence-corrected chi connectivity index (χ2v) is 5.14. The number of halogens is 1. The van der Waals surface area contributed by atoms with E-state index in [-0.39, 0.29) is 29.9 Å². The SMILES string of the molecule is I.NC(N)=NCCc1cccc(OCCCc2ccccc2)c1. The summed E-state index contributed by atoms with van der Waals surface area (Å²) in [5.74, 6) is 1.03. The van der Waals surface area contributed by atoms with Crippen LogP contribution in [0.3, 0.4) is 0 Å². The van der Waals surface area contributed by atoms with Crippen LogP contribution in [0.1, 0.15) is 17.5 Å². The van der Waals surface area contributed by atoms with Gasteiger partial charge in [0.15, 0.2) is 5.96 Å². The molecule has 0 saturated heterocycles. The van der Waals surface area contributed by atoms with Gasteiger partial charge < -0.3 is 16.2 Å². The molecule has 0 aliphatic heterocycles. The Kier molecular flexibility index (Phi) is 9.12. The van der Waals surface area contributed by atoms with Gasteiger partial charge >= 0.3 is 0 Å². The van der Waals surface area contributed by atoms with Crippen LogP contribution in [0.2, 0.25) is 0 Å². The van der Waals surface area contributed by atoms with E-state index in [2.05, 4.69) is 35.3 Å². The van der Waals surface area contributed by atoms with E-state index in [1.807, 2.05) is 24.3 Å². The number of ether oxygens (including phenoxy) is 1. The summed E-state index contributed by atoms with van der Waals surface area (Å²) >= 11 is 0. The number of nitrogens with two attached hydrogens (primary N) is 2. The predicted molar refractivity (Wildman–Crippen MR) is 106 cm³/mol. The fourth-order valence-electron chi connectivity index (χ4n) is 2.22. The normalized spacial score (nSPS) is 9.74. The first-order valence-electron chi connectivity index (χ1n) is 7.55. The topological polar surface area (TPSA) is 73.6 Å². The van der Waals surface area contributed by atoms with E-state index < -0.39 is 0 Å². The van der Waals surface area contributed by atoms with E-state index in [4.69, 9.17) is 16.2 Å². The van der Waals surface area contributed by atoms with Crippen LogP contribution in [0.4, 0.5) is 0 Å². The summed E-state index contributed by atoms with van der Waals surface area (Å²) in [4.78, 5) is 3.99. The summed E-state index contributed by atoms with van der Waals surface area (Å²) in [5.41, 5.74) is 13.2. The van der Waals surface area contributed by atoms with Crippen LogP contribution in [0.25, 0.3) is 0 Å². The minimum Gasteiger partial charge on any atom is -0.494 e. The molecule has 0 atom stereocenters. The molecule has 0 saturated carbocycles. The molecule has 2 aromatic carbocycles. The van der Waals surface area contributed by atoms with E-state index in [9.17, 15) is 0 Å². The van der Waals surface area contributed by atoms with Crippen LogP contribution in [0.15, 0.2) is 59.6 Å². The number of aliphatic imine (C=N–C) groups is 1. The summed E-state index contributed by atoms with van der Waals surface area (Å²) in [5, 5.41) is 0. The molecule has 2 rings (SSSR count). The molecule has 0 spiro atoms. The highest BCUT2D eigenvalue weighted by molar-refractivity contribution is 14.0. The number of nitrogens with zero attached hydrogens (tertiary/aromatic N) is 1. The molecule has 0 aliphatic rings. The highest BCUT2D eigenvalue weighted by atomic mass is 127. The zero-order valence-corrected chi connectivity index (χ0v) is 15.5. The van der Waals surface area contributed by atoms with Gasteiger partial charge in [0.2, 0.25) is 0 Å². The van der Waals surface area contributed by atoms with Crippen molar-refractivity contribution in [1.82, 2.24) is 0 Å². The Morgan fingerprint density at radius 3 is 2.39 bits per heavy atom. The van der Waals surface area contributed by atoms with E-state index >= 15 is 0 Å². The van der Waals surface area contributed by atoms with Crippen LogP contribution in [0, 0.1) is 0 Å². The quantitative estimate of drug-likeness (QED) is 0.296. The molecule has 5 heteroatoms. The summed E-state index contributed by atoms with van der Waals surface area (Å²) < 4.78 is 5.81. The largest absolute Gasteiger partial charge is 0.494 e. The first-order chi connectivity index (χ1) is 10.7. The van der Waals surface area contributed by atoms with E-state index in [1.165, 1.54) is 11.1 Å².